The highest BCUT2D eigenvalue weighted by Gasteiger charge is 2.26. The number of aryl methyl sites for hydroxylation is 1. The Kier molecular flexibility index (Phi) is 7.26. The van der Waals surface area contributed by atoms with Crippen LogP contribution < -0.4 is 9.47 Å². The smallest absolute Gasteiger partial charge is 0.306 e. The van der Waals surface area contributed by atoms with E-state index in [4.69, 9.17) is 18.9 Å². The molecular weight excluding hydrogens is 450 g/mol. The Bertz CT molecular complexity index is 1110. The molecule has 9 nitrogen and oxygen atoms in total. The summed E-state index contributed by atoms with van der Waals surface area (Å²) in [4.78, 5) is 24.6. The summed E-state index contributed by atoms with van der Waals surface area (Å²) in [6.07, 6.45) is 0.443. The van der Waals surface area contributed by atoms with Gasteiger partial charge in [0.1, 0.15) is 13.2 Å². The fraction of sp³-hybridized carbons (Fsp3) is 0.391. The van der Waals surface area contributed by atoms with Crippen molar-refractivity contribution >= 4 is 21.8 Å². The van der Waals surface area contributed by atoms with E-state index in [0.29, 0.717) is 63.0 Å². The predicted octanol–water partition coefficient (Wildman–Crippen LogP) is 1.84. The van der Waals surface area contributed by atoms with Crippen LogP contribution in [0.4, 0.5) is 0 Å². The molecule has 0 amide bonds. The standard InChI is InChI=1S/C23H25NO8S/c25-20(18-4-7-21-22(15-18)31-14-13-30-21)16-32-23(26)8-3-17-1-5-19(6-2-17)33(27,28)24-9-11-29-12-10-24/h1-2,4-7,15H,3,8-14,16H2. The summed E-state index contributed by atoms with van der Waals surface area (Å²) in [5, 5.41) is 0. The molecule has 0 bridgehead atoms. The molecule has 4 rings (SSSR count). The highest BCUT2D eigenvalue weighted by molar-refractivity contribution is 7.89. The number of ether oxygens (including phenoxy) is 4. The number of esters is 1. The van der Waals surface area contributed by atoms with Gasteiger partial charge in [-0.1, -0.05) is 12.1 Å². The first kappa shape index (κ1) is 23.2. The second-order valence-corrected chi connectivity index (χ2v) is 9.54. The lowest BCUT2D eigenvalue weighted by Gasteiger charge is -2.26. The van der Waals surface area contributed by atoms with E-state index in [1.807, 2.05) is 0 Å². The van der Waals surface area contributed by atoms with Gasteiger partial charge in [0.05, 0.1) is 18.1 Å². The number of nitrogens with zero attached hydrogens (tertiary/aromatic N) is 1. The highest BCUT2D eigenvalue weighted by atomic mass is 32.2. The van der Waals surface area contributed by atoms with Crippen LogP contribution >= 0.6 is 0 Å². The second kappa shape index (κ2) is 10.3. The van der Waals surface area contributed by atoms with E-state index in [-0.39, 0.29) is 23.7 Å². The topological polar surface area (TPSA) is 108 Å². The number of ketones is 1. The zero-order valence-electron chi connectivity index (χ0n) is 18.0. The average molecular weight is 476 g/mol. The average Bonchev–Trinajstić information content (AvgIpc) is 2.86. The molecule has 0 aromatic heterocycles. The van der Waals surface area contributed by atoms with Crippen molar-refractivity contribution in [2.24, 2.45) is 0 Å². The molecule has 0 aliphatic carbocycles. The normalized spacial score (nSPS) is 16.2. The number of benzene rings is 2. The van der Waals surface area contributed by atoms with Gasteiger partial charge in [0.15, 0.2) is 23.9 Å². The molecule has 1 saturated heterocycles. The van der Waals surface area contributed by atoms with Crippen molar-refractivity contribution in [2.75, 3.05) is 46.1 Å². The van der Waals surface area contributed by atoms with Gasteiger partial charge in [-0.05, 0) is 42.3 Å². The van der Waals surface area contributed by atoms with Crippen LogP contribution in [0, 0.1) is 0 Å². The third-order valence-electron chi connectivity index (χ3n) is 5.38. The minimum Gasteiger partial charge on any atom is -0.486 e. The summed E-state index contributed by atoms with van der Waals surface area (Å²) in [6, 6.07) is 11.3. The number of carbonyl (C=O) groups excluding carboxylic acids is 2. The van der Waals surface area contributed by atoms with E-state index >= 15 is 0 Å². The molecule has 0 N–H and O–H groups in total. The Morgan fingerprint density at radius 3 is 2.33 bits per heavy atom. The molecule has 2 heterocycles. The van der Waals surface area contributed by atoms with Crippen molar-refractivity contribution < 1.29 is 37.0 Å². The molecule has 10 heteroatoms. The maximum absolute atomic E-state index is 12.7. The van der Waals surface area contributed by atoms with Gasteiger partial charge in [0, 0.05) is 25.1 Å². The van der Waals surface area contributed by atoms with Crippen molar-refractivity contribution in [2.45, 2.75) is 17.7 Å². The fourth-order valence-corrected chi connectivity index (χ4v) is 4.94. The molecule has 2 aromatic rings. The summed E-state index contributed by atoms with van der Waals surface area (Å²) in [5.74, 6) is 0.236. The molecule has 2 aliphatic heterocycles. The van der Waals surface area contributed by atoms with Crippen molar-refractivity contribution in [1.82, 2.24) is 4.31 Å². The summed E-state index contributed by atoms with van der Waals surface area (Å²) in [6.45, 7) is 1.95. The van der Waals surface area contributed by atoms with Gasteiger partial charge in [-0.25, -0.2) is 8.42 Å². The maximum Gasteiger partial charge on any atom is 0.306 e. The first-order chi connectivity index (χ1) is 15.9. The van der Waals surface area contributed by atoms with Crippen LogP contribution in [0.5, 0.6) is 11.5 Å². The van der Waals surface area contributed by atoms with E-state index in [1.165, 1.54) is 16.4 Å². The number of fused-ring (bicyclic) bond motifs is 1. The Balaban J connectivity index is 1.25. The molecule has 2 aliphatic rings. The van der Waals surface area contributed by atoms with Gasteiger partial charge in [-0.2, -0.15) is 4.31 Å². The minimum absolute atomic E-state index is 0.0734. The molecule has 0 saturated carbocycles. The maximum atomic E-state index is 12.7. The molecule has 176 valence electrons. The fourth-order valence-electron chi connectivity index (χ4n) is 3.53. The molecule has 1 fully saturated rings. The predicted molar refractivity (Wildman–Crippen MR) is 117 cm³/mol. The molecule has 0 atom stereocenters. The third kappa shape index (κ3) is 5.70. The SMILES string of the molecule is O=C(CCc1ccc(S(=O)(=O)N2CCOCC2)cc1)OCC(=O)c1ccc2c(c1)OCCO2. The summed E-state index contributed by atoms with van der Waals surface area (Å²) in [7, 11) is -3.55. The Labute approximate surface area is 192 Å². The van der Waals surface area contributed by atoms with Gasteiger partial charge in [-0.3, -0.25) is 9.59 Å². The number of Topliss-reactive ketones (excluding diaryl/α,β-unsaturated/α-hetero) is 1. The third-order valence-corrected chi connectivity index (χ3v) is 7.29. The lowest BCUT2D eigenvalue weighted by molar-refractivity contribution is -0.142. The van der Waals surface area contributed by atoms with Crippen LogP contribution in [0.3, 0.4) is 0 Å². The van der Waals surface area contributed by atoms with Gasteiger partial charge >= 0.3 is 5.97 Å². The van der Waals surface area contributed by atoms with E-state index in [9.17, 15) is 18.0 Å². The summed E-state index contributed by atoms with van der Waals surface area (Å²) >= 11 is 0. The summed E-state index contributed by atoms with van der Waals surface area (Å²) in [5.41, 5.74) is 1.18. The Morgan fingerprint density at radius 2 is 1.61 bits per heavy atom. The van der Waals surface area contributed by atoms with Crippen LogP contribution in [0.25, 0.3) is 0 Å². The Morgan fingerprint density at radius 1 is 0.909 bits per heavy atom. The number of hydrogen-bond donors (Lipinski definition) is 0. The van der Waals surface area contributed by atoms with Crippen molar-refractivity contribution in [3.05, 3.63) is 53.6 Å². The number of rotatable bonds is 8. The Hall–Kier alpha value is -2.95. The van der Waals surface area contributed by atoms with E-state index < -0.39 is 16.0 Å². The minimum atomic E-state index is -3.55. The molecule has 0 spiro atoms. The van der Waals surface area contributed by atoms with Gasteiger partial charge in [-0.15, -0.1) is 0 Å². The number of morpholine rings is 1. The zero-order chi connectivity index (χ0) is 23.3. The van der Waals surface area contributed by atoms with Gasteiger partial charge in [0.25, 0.3) is 0 Å². The highest BCUT2D eigenvalue weighted by Crippen LogP contribution is 2.30. The van der Waals surface area contributed by atoms with Crippen molar-refractivity contribution in [3.63, 3.8) is 0 Å². The number of hydrogen-bond acceptors (Lipinski definition) is 8. The van der Waals surface area contributed by atoms with Gasteiger partial charge in [0.2, 0.25) is 10.0 Å². The van der Waals surface area contributed by atoms with Gasteiger partial charge < -0.3 is 18.9 Å². The second-order valence-electron chi connectivity index (χ2n) is 7.60. The number of sulfonamides is 1. The molecule has 0 radical (unpaired) electrons. The summed E-state index contributed by atoms with van der Waals surface area (Å²) < 4.78 is 47.9. The van der Waals surface area contributed by atoms with E-state index in [1.54, 1.807) is 30.3 Å². The number of carbonyl (C=O) groups is 2. The lowest BCUT2D eigenvalue weighted by Crippen LogP contribution is -2.40. The van der Waals surface area contributed by atoms with Crippen molar-refractivity contribution in [1.29, 1.82) is 0 Å². The first-order valence-corrected chi connectivity index (χ1v) is 12.1. The monoisotopic (exact) mass is 475 g/mol. The van der Waals surface area contributed by atoms with Crippen molar-refractivity contribution in [3.8, 4) is 11.5 Å². The van der Waals surface area contributed by atoms with Crippen LogP contribution in [-0.4, -0.2) is 70.6 Å². The quantitative estimate of drug-likeness (QED) is 0.420. The van der Waals surface area contributed by atoms with Crippen LogP contribution in [-0.2, 0) is 30.7 Å². The molecule has 33 heavy (non-hydrogen) atoms. The molecule has 0 unspecified atom stereocenters. The lowest BCUT2D eigenvalue weighted by atomic mass is 10.1. The van der Waals surface area contributed by atoms with Crippen LogP contribution in [0.15, 0.2) is 47.4 Å². The van der Waals surface area contributed by atoms with Crippen LogP contribution in [0.1, 0.15) is 22.3 Å². The molecular formula is C23H25NO8S. The largest absolute Gasteiger partial charge is 0.486 e. The van der Waals surface area contributed by atoms with Crippen LogP contribution in [0.2, 0.25) is 0 Å². The zero-order valence-corrected chi connectivity index (χ0v) is 18.8. The van der Waals surface area contributed by atoms with E-state index in [0.717, 1.165) is 5.56 Å². The molecule has 2 aromatic carbocycles. The first-order valence-electron chi connectivity index (χ1n) is 10.7. The van der Waals surface area contributed by atoms with E-state index in [2.05, 4.69) is 0 Å².